The van der Waals surface area contributed by atoms with E-state index in [1.165, 1.54) is 11.1 Å². The van der Waals surface area contributed by atoms with Crippen LogP contribution in [0.5, 0.6) is 0 Å². The van der Waals surface area contributed by atoms with E-state index < -0.39 is 7.82 Å². The molecule has 116 valence electrons. The Morgan fingerprint density at radius 3 is 1.95 bits per heavy atom. The van der Waals surface area contributed by atoms with Crippen LogP contribution in [0.25, 0.3) is 0 Å². The van der Waals surface area contributed by atoms with Crippen molar-refractivity contribution in [3.8, 4) is 0 Å². The zero-order chi connectivity index (χ0) is 15.6. The van der Waals surface area contributed by atoms with Crippen LogP contribution in [0.1, 0.15) is 53.4 Å². The highest BCUT2D eigenvalue weighted by Crippen LogP contribution is 2.24. The highest BCUT2D eigenvalue weighted by Gasteiger charge is 1.93. The largest absolute Gasteiger partial charge is 0.790 e. The number of hydrogen-bond acceptors (Lipinski definition) is 4. The lowest BCUT2D eigenvalue weighted by Gasteiger charge is -2.27. The van der Waals surface area contributed by atoms with E-state index in [0.717, 1.165) is 31.3 Å². The Kier molecular flexibility index (Phi) is 9.78. The van der Waals surface area contributed by atoms with Crippen LogP contribution >= 0.6 is 7.82 Å². The monoisotopic (exact) mass is 300 g/mol. The number of phosphoric acid groups is 1. The molecule has 0 atom stereocenters. The van der Waals surface area contributed by atoms with E-state index in [9.17, 15) is 14.4 Å². The van der Waals surface area contributed by atoms with Crippen LogP contribution in [0.4, 0.5) is 0 Å². The molecular weight excluding hydrogens is 275 g/mol. The van der Waals surface area contributed by atoms with Crippen molar-refractivity contribution >= 4 is 7.82 Å². The number of allylic oxidation sites excluding steroid dienone is 5. The van der Waals surface area contributed by atoms with Crippen LogP contribution in [0.2, 0.25) is 0 Å². The molecule has 0 unspecified atom stereocenters. The molecule has 0 saturated carbocycles. The van der Waals surface area contributed by atoms with Crippen molar-refractivity contribution in [2.24, 2.45) is 0 Å². The summed E-state index contributed by atoms with van der Waals surface area (Å²) < 4.78 is 14.4. The standard InChI is InChI=1S/C15H27O4P/c1-13(2)7-5-8-14(3)9-6-10-15(4)11-12-19-20(16,17)18/h7,9,11H,5-6,8,10,12H2,1-4H3,(H2,16,17,18)/p-2/b14-9+,15-11+. The maximum Gasteiger partial charge on any atom is 0.0702 e. The van der Waals surface area contributed by atoms with Gasteiger partial charge in [0.1, 0.15) is 0 Å². The molecule has 0 heterocycles. The van der Waals surface area contributed by atoms with Gasteiger partial charge in [-0.3, -0.25) is 0 Å². The van der Waals surface area contributed by atoms with E-state index in [2.05, 4.69) is 37.4 Å². The molecule has 0 aliphatic rings. The van der Waals surface area contributed by atoms with Gasteiger partial charge in [-0.1, -0.05) is 34.9 Å². The Morgan fingerprint density at radius 2 is 1.45 bits per heavy atom. The Bertz CT molecular complexity index is 412. The van der Waals surface area contributed by atoms with Gasteiger partial charge in [0, 0.05) is 0 Å². The van der Waals surface area contributed by atoms with E-state index in [1.54, 1.807) is 6.08 Å². The van der Waals surface area contributed by atoms with Crippen molar-refractivity contribution in [2.75, 3.05) is 6.61 Å². The van der Waals surface area contributed by atoms with Gasteiger partial charge < -0.3 is 18.9 Å². The Morgan fingerprint density at radius 1 is 0.950 bits per heavy atom. The summed E-state index contributed by atoms with van der Waals surface area (Å²) >= 11 is 0. The number of phosphoric ester groups is 1. The average molecular weight is 300 g/mol. The maximum absolute atomic E-state index is 10.3. The fourth-order valence-corrected chi connectivity index (χ4v) is 1.87. The zero-order valence-electron chi connectivity index (χ0n) is 12.8. The minimum atomic E-state index is -4.85. The molecule has 0 aromatic heterocycles. The van der Waals surface area contributed by atoms with Gasteiger partial charge in [0.15, 0.2) is 0 Å². The van der Waals surface area contributed by atoms with Crippen LogP contribution in [-0.2, 0) is 9.09 Å². The molecule has 0 N–H and O–H groups in total. The molecule has 0 amide bonds. The molecular formula is C15H25O4P-2. The quantitative estimate of drug-likeness (QED) is 0.484. The van der Waals surface area contributed by atoms with Gasteiger partial charge in [-0.15, -0.1) is 0 Å². The van der Waals surface area contributed by atoms with Gasteiger partial charge in [-0.05, 0) is 53.4 Å². The first-order valence-electron chi connectivity index (χ1n) is 6.82. The Balaban J connectivity index is 3.94. The summed E-state index contributed by atoms with van der Waals surface area (Å²) in [6.45, 7) is 8.04. The summed E-state index contributed by atoms with van der Waals surface area (Å²) in [6, 6.07) is 0. The lowest BCUT2D eigenvalue weighted by Crippen LogP contribution is -2.16. The lowest BCUT2D eigenvalue weighted by molar-refractivity contribution is -0.340. The summed E-state index contributed by atoms with van der Waals surface area (Å²) in [6.07, 6.45) is 9.94. The second kappa shape index (κ2) is 10.1. The van der Waals surface area contributed by atoms with E-state index in [0.29, 0.717) is 0 Å². The van der Waals surface area contributed by atoms with Crippen molar-refractivity contribution in [1.82, 2.24) is 0 Å². The van der Waals surface area contributed by atoms with Crippen LogP contribution < -0.4 is 9.79 Å². The molecule has 0 fully saturated rings. The van der Waals surface area contributed by atoms with Crippen molar-refractivity contribution < 1.29 is 18.9 Å². The molecule has 0 rings (SSSR count). The third-order valence-corrected chi connectivity index (χ3v) is 3.25. The smallest absolute Gasteiger partial charge is 0.0702 e. The number of hydrogen-bond donors (Lipinski definition) is 0. The first kappa shape index (κ1) is 19.3. The molecule has 0 aliphatic carbocycles. The minimum absolute atomic E-state index is 0.167. The van der Waals surface area contributed by atoms with Gasteiger partial charge in [-0.25, -0.2) is 0 Å². The van der Waals surface area contributed by atoms with E-state index in [-0.39, 0.29) is 6.61 Å². The normalized spacial score (nSPS) is 13.5. The lowest BCUT2D eigenvalue weighted by atomic mass is 10.1. The predicted octanol–water partition coefficient (Wildman–Crippen LogP) is 3.25. The van der Waals surface area contributed by atoms with Crippen molar-refractivity contribution in [1.29, 1.82) is 0 Å². The molecule has 0 aliphatic heterocycles. The summed E-state index contributed by atoms with van der Waals surface area (Å²) in [5.74, 6) is 0. The maximum atomic E-state index is 10.3. The molecule has 4 nitrogen and oxygen atoms in total. The van der Waals surface area contributed by atoms with Crippen LogP contribution in [-0.4, -0.2) is 6.61 Å². The SMILES string of the molecule is CC(C)=CCC/C(C)=C/CC/C(C)=C/COP(=O)([O-])[O-]. The van der Waals surface area contributed by atoms with Gasteiger partial charge >= 0.3 is 0 Å². The molecule has 0 radical (unpaired) electrons. The molecule has 20 heavy (non-hydrogen) atoms. The average Bonchev–Trinajstić information content (AvgIpc) is 2.26. The van der Waals surface area contributed by atoms with E-state index in [1.807, 2.05) is 6.92 Å². The second-order valence-electron chi connectivity index (χ2n) is 5.20. The zero-order valence-corrected chi connectivity index (χ0v) is 13.7. The molecule has 0 saturated heterocycles. The molecule has 0 aromatic carbocycles. The predicted molar refractivity (Wildman–Crippen MR) is 79.0 cm³/mol. The summed E-state index contributed by atoms with van der Waals surface area (Å²) in [5.41, 5.74) is 3.72. The van der Waals surface area contributed by atoms with Crippen LogP contribution in [0, 0.1) is 0 Å². The highest BCUT2D eigenvalue weighted by atomic mass is 31.2. The Labute approximate surface area is 122 Å². The summed E-state index contributed by atoms with van der Waals surface area (Å²) in [4.78, 5) is 20.5. The summed E-state index contributed by atoms with van der Waals surface area (Å²) in [5, 5.41) is 0. The van der Waals surface area contributed by atoms with Gasteiger partial charge in [0.25, 0.3) is 0 Å². The van der Waals surface area contributed by atoms with E-state index >= 15 is 0 Å². The molecule has 5 heteroatoms. The van der Waals surface area contributed by atoms with Gasteiger partial charge in [-0.2, -0.15) is 0 Å². The molecule has 0 spiro atoms. The Hall–Kier alpha value is -0.670. The minimum Gasteiger partial charge on any atom is -0.790 e. The van der Waals surface area contributed by atoms with E-state index in [4.69, 9.17) is 0 Å². The fourth-order valence-electron chi connectivity index (χ4n) is 1.61. The fraction of sp³-hybridized carbons (Fsp3) is 0.600. The third kappa shape index (κ3) is 13.8. The van der Waals surface area contributed by atoms with Crippen LogP contribution in [0.3, 0.4) is 0 Å². The summed E-state index contributed by atoms with van der Waals surface area (Å²) in [7, 11) is -4.85. The highest BCUT2D eigenvalue weighted by molar-refractivity contribution is 7.43. The second-order valence-corrected chi connectivity index (χ2v) is 6.36. The van der Waals surface area contributed by atoms with Crippen LogP contribution in [0.15, 0.2) is 34.9 Å². The topological polar surface area (TPSA) is 72.4 Å². The van der Waals surface area contributed by atoms with Crippen molar-refractivity contribution in [3.05, 3.63) is 34.9 Å². The third-order valence-electron chi connectivity index (χ3n) is 2.79. The van der Waals surface area contributed by atoms with Gasteiger partial charge in [0.2, 0.25) is 0 Å². The van der Waals surface area contributed by atoms with Gasteiger partial charge in [0.05, 0.1) is 14.4 Å². The van der Waals surface area contributed by atoms with Crippen molar-refractivity contribution in [3.63, 3.8) is 0 Å². The van der Waals surface area contributed by atoms with Crippen molar-refractivity contribution in [2.45, 2.75) is 53.4 Å². The number of rotatable bonds is 9. The first-order chi connectivity index (χ1) is 9.20. The molecule has 0 bridgehead atoms. The first-order valence-corrected chi connectivity index (χ1v) is 8.28. The molecule has 0 aromatic rings.